The van der Waals surface area contributed by atoms with Crippen molar-refractivity contribution in [2.75, 3.05) is 0 Å². The van der Waals surface area contributed by atoms with Crippen molar-refractivity contribution >= 4 is 6.09 Å². The fraction of sp³-hybridized carbons (Fsp3) is 0.550. The number of alkyl carbamates (subject to hydrolysis) is 1. The van der Waals surface area contributed by atoms with Crippen molar-refractivity contribution in [3.8, 4) is 5.75 Å². The third-order valence-electron chi connectivity index (χ3n) is 3.44. The number of phenolic OH excluding ortho intramolecular Hbond substituents is 1. The summed E-state index contributed by atoms with van der Waals surface area (Å²) in [5, 5.41) is 12.3. The number of nitrogens with one attached hydrogen (secondary N) is 1. The molecule has 0 saturated heterocycles. The molecule has 1 unspecified atom stereocenters. The maximum atomic E-state index is 12.0. The topological polar surface area (TPSA) is 58.6 Å². The number of aromatic hydroxyl groups is 1. The van der Waals surface area contributed by atoms with E-state index in [0.717, 1.165) is 18.4 Å². The van der Waals surface area contributed by atoms with E-state index >= 15 is 0 Å². The number of hydrogen-bond donors (Lipinski definition) is 2. The van der Waals surface area contributed by atoms with Crippen LogP contribution in [-0.2, 0) is 11.2 Å². The number of amides is 1. The lowest BCUT2D eigenvalue weighted by atomic mass is 10.0. The van der Waals surface area contributed by atoms with Crippen LogP contribution in [0.3, 0.4) is 0 Å². The molecule has 0 aromatic heterocycles. The second-order valence-electron chi connectivity index (χ2n) is 7.05. The van der Waals surface area contributed by atoms with Crippen LogP contribution < -0.4 is 5.32 Å². The minimum absolute atomic E-state index is 0.133. The molecule has 1 rings (SSSR count). The summed E-state index contributed by atoms with van der Waals surface area (Å²) in [7, 11) is 0. The Balaban J connectivity index is 2.67. The van der Waals surface area contributed by atoms with Gasteiger partial charge in [0, 0.05) is 0 Å². The van der Waals surface area contributed by atoms with E-state index in [-0.39, 0.29) is 11.8 Å². The number of rotatable bonds is 8. The molecular weight excluding hydrogens is 302 g/mol. The van der Waals surface area contributed by atoms with Gasteiger partial charge in [-0.3, -0.25) is 0 Å². The molecule has 2 N–H and O–H groups in total. The SMILES string of the molecule is CCCCC/C=C/C(Cc1ccc(O)cc1)NC(=O)OC(C)(C)C. The predicted octanol–water partition coefficient (Wildman–Crippen LogP) is 4.96. The molecule has 0 spiro atoms. The number of allylic oxidation sites excluding steroid dienone is 1. The molecule has 4 heteroatoms. The highest BCUT2D eigenvalue weighted by Gasteiger charge is 2.18. The first-order valence-corrected chi connectivity index (χ1v) is 8.74. The van der Waals surface area contributed by atoms with Crippen molar-refractivity contribution < 1.29 is 14.6 Å². The van der Waals surface area contributed by atoms with E-state index in [1.165, 1.54) is 12.8 Å². The zero-order valence-corrected chi connectivity index (χ0v) is 15.3. The molecule has 0 heterocycles. The van der Waals surface area contributed by atoms with Crippen LogP contribution in [0.2, 0.25) is 0 Å². The van der Waals surface area contributed by atoms with Crippen molar-refractivity contribution in [2.45, 2.75) is 71.4 Å². The number of carbonyl (C=O) groups is 1. The maximum Gasteiger partial charge on any atom is 0.408 e. The minimum Gasteiger partial charge on any atom is -0.508 e. The summed E-state index contributed by atoms with van der Waals surface area (Å²) in [5.74, 6) is 0.241. The molecule has 0 saturated carbocycles. The van der Waals surface area contributed by atoms with Gasteiger partial charge in [-0.1, -0.05) is 44.1 Å². The quantitative estimate of drug-likeness (QED) is 0.522. The van der Waals surface area contributed by atoms with Gasteiger partial charge in [-0.25, -0.2) is 4.79 Å². The zero-order valence-electron chi connectivity index (χ0n) is 15.3. The Morgan fingerprint density at radius 2 is 1.92 bits per heavy atom. The average Bonchev–Trinajstić information content (AvgIpc) is 2.47. The molecule has 0 aliphatic heterocycles. The average molecular weight is 333 g/mol. The van der Waals surface area contributed by atoms with Crippen molar-refractivity contribution in [1.82, 2.24) is 5.32 Å². The van der Waals surface area contributed by atoms with Gasteiger partial charge in [-0.2, -0.15) is 0 Å². The standard InChI is InChI=1S/C20H31NO3/c1-5-6-7-8-9-10-17(21-19(23)24-20(2,3)4)15-16-11-13-18(22)14-12-16/h9-14,17,22H,5-8,15H2,1-4H3,(H,21,23)/b10-9+. The molecule has 1 amide bonds. The molecule has 0 aliphatic rings. The Kier molecular flexibility index (Phi) is 8.37. The molecule has 1 atom stereocenters. The number of benzene rings is 1. The molecule has 4 nitrogen and oxygen atoms in total. The van der Waals surface area contributed by atoms with Gasteiger partial charge in [0.25, 0.3) is 0 Å². The molecule has 0 bridgehead atoms. The van der Waals surface area contributed by atoms with Crippen molar-refractivity contribution in [1.29, 1.82) is 0 Å². The van der Waals surface area contributed by atoms with E-state index < -0.39 is 11.7 Å². The number of unbranched alkanes of at least 4 members (excludes halogenated alkanes) is 3. The summed E-state index contributed by atoms with van der Waals surface area (Å²) < 4.78 is 5.35. The number of carbonyl (C=O) groups excluding carboxylic acids is 1. The van der Waals surface area contributed by atoms with E-state index in [9.17, 15) is 9.90 Å². The Bertz CT molecular complexity index is 515. The highest BCUT2D eigenvalue weighted by molar-refractivity contribution is 5.68. The van der Waals surface area contributed by atoms with Crippen LogP contribution >= 0.6 is 0 Å². The molecule has 0 fully saturated rings. The van der Waals surface area contributed by atoms with Gasteiger partial charge in [0.15, 0.2) is 0 Å². The highest BCUT2D eigenvalue weighted by Crippen LogP contribution is 2.13. The Morgan fingerprint density at radius 1 is 1.25 bits per heavy atom. The number of ether oxygens (including phenoxy) is 1. The zero-order chi connectivity index (χ0) is 18.0. The largest absolute Gasteiger partial charge is 0.508 e. The van der Waals surface area contributed by atoms with E-state index in [2.05, 4.69) is 18.3 Å². The molecule has 0 radical (unpaired) electrons. The van der Waals surface area contributed by atoms with Crippen LogP contribution in [0.5, 0.6) is 5.75 Å². The number of hydrogen-bond acceptors (Lipinski definition) is 3. The van der Waals surface area contributed by atoms with Gasteiger partial charge >= 0.3 is 6.09 Å². The molecule has 1 aromatic carbocycles. The lowest BCUT2D eigenvalue weighted by molar-refractivity contribution is 0.0514. The lowest BCUT2D eigenvalue weighted by Gasteiger charge is -2.22. The Labute approximate surface area is 145 Å². The number of phenols is 1. The van der Waals surface area contributed by atoms with E-state index in [4.69, 9.17) is 4.74 Å². The summed E-state index contributed by atoms with van der Waals surface area (Å²) in [4.78, 5) is 12.0. The normalized spacial score (nSPS) is 13.0. The van der Waals surface area contributed by atoms with Gasteiger partial charge in [0.05, 0.1) is 6.04 Å². The van der Waals surface area contributed by atoms with Crippen LogP contribution in [0.4, 0.5) is 4.79 Å². The van der Waals surface area contributed by atoms with Crippen LogP contribution in [0, 0.1) is 0 Å². The molecule has 134 valence electrons. The van der Waals surface area contributed by atoms with Gasteiger partial charge in [0.2, 0.25) is 0 Å². The van der Waals surface area contributed by atoms with Crippen molar-refractivity contribution in [3.05, 3.63) is 42.0 Å². The third kappa shape index (κ3) is 9.23. The fourth-order valence-corrected chi connectivity index (χ4v) is 2.28. The summed E-state index contributed by atoms with van der Waals surface area (Å²) in [6, 6.07) is 6.91. The predicted molar refractivity (Wildman–Crippen MR) is 98.3 cm³/mol. The van der Waals surface area contributed by atoms with E-state index in [1.807, 2.05) is 39.0 Å². The van der Waals surface area contributed by atoms with Crippen LogP contribution in [0.1, 0.15) is 58.9 Å². The molecule has 1 aromatic rings. The summed E-state index contributed by atoms with van der Waals surface area (Å²) in [6.07, 6.45) is 8.98. The van der Waals surface area contributed by atoms with Crippen molar-refractivity contribution in [2.24, 2.45) is 0 Å². The van der Waals surface area contributed by atoms with E-state index in [0.29, 0.717) is 6.42 Å². The van der Waals surface area contributed by atoms with Gasteiger partial charge in [-0.15, -0.1) is 0 Å². The van der Waals surface area contributed by atoms with Gasteiger partial charge in [0.1, 0.15) is 11.4 Å². The first-order chi connectivity index (χ1) is 11.3. The van der Waals surface area contributed by atoms with Gasteiger partial charge in [-0.05, 0) is 57.7 Å². The third-order valence-corrected chi connectivity index (χ3v) is 3.44. The molecule has 0 aliphatic carbocycles. The van der Waals surface area contributed by atoms with Gasteiger partial charge < -0.3 is 15.2 Å². The summed E-state index contributed by atoms with van der Waals surface area (Å²) in [6.45, 7) is 7.73. The second kappa shape index (κ2) is 10.0. The van der Waals surface area contributed by atoms with E-state index in [1.54, 1.807) is 12.1 Å². The van der Waals surface area contributed by atoms with Crippen molar-refractivity contribution in [3.63, 3.8) is 0 Å². The summed E-state index contributed by atoms with van der Waals surface area (Å²) in [5.41, 5.74) is 0.532. The first kappa shape index (κ1) is 20.1. The lowest BCUT2D eigenvalue weighted by Crippen LogP contribution is -2.39. The Hall–Kier alpha value is -1.97. The Morgan fingerprint density at radius 3 is 2.50 bits per heavy atom. The minimum atomic E-state index is -0.516. The fourth-order valence-electron chi connectivity index (χ4n) is 2.28. The summed E-state index contributed by atoms with van der Waals surface area (Å²) >= 11 is 0. The van der Waals surface area contributed by atoms with Crippen LogP contribution in [0.15, 0.2) is 36.4 Å². The molecular formula is C20H31NO3. The monoisotopic (exact) mass is 333 g/mol. The smallest absolute Gasteiger partial charge is 0.408 e. The molecule has 24 heavy (non-hydrogen) atoms. The maximum absolute atomic E-state index is 12.0. The highest BCUT2D eigenvalue weighted by atomic mass is 16.6. The van der Waals surface area contributed by atoms with Crippen LogP contribution in [0.25, 0.3) is 0 Å². The second-order valence-corrected chi connectivity index (χ2v) is 7.05. The van der Waals surface area contributed by atoms with Crippen LogP contribution in [-0.4, -0.2) is 22.8 Å². The first-order valence-electron chi connectivity index (χ1n) is 8.74.